The highest BCUT2D eigenvalue weighted by Crippen LogP contribution is 2.37. The van der Waals surface area contributed by atoms with Gasteiger partial charge in [-0.3, -0.25) is 19.2 Å². The summed E-state index contributed by atoms with van der Waals surface area (Å²) in [5.41, 5.74) is 5.21. The van der Waals surface area contributed by atoms with Crippen molar-refractivity contribution in [1.29, 1.82) is 0 Å². The highest BCUT2D eigenvalue weighted by Gasteiger charge is 2.31. The summed E-state index contributed by atoms with van der Waals surface area (Å²) in [5, 5.41) is 19.8. The van der Waals surface area contributed by atoms with Crippen molar-refractivity contribution in [3.8, 4) is 0 Å². The van der Waals surface area contributed by atoms with E-state index in [2.05, 4.69) is 5.32 Å². The van der Waals surface area contributed by atoms with Gasteiger partial charge in [0.05, 0.1) is 24.0 Å². The molecule has 3 amide bonds. The largest absolute Gasteiger partial charge is 0.480 e. The number of nitrogens with two attached hydrogens (primary N) is 1. The van der Waals surface area contributed by atoms with Crippen molar-refractivity contribution < 1.29 is 34.2 Å². The van der Waals surface area contributed by atoms with Gasteiger partial charge in [-0.05, 0) is 67.8 Å². The Bertz CT molecular complexity index is 841. The first-order valence-corrected chi connectivity index (χ1v) is 9.66. The predicted octanol–water partition coefficient (Wildman–Crippen LogP) is 0.461. The molecule has 0 heterocycles. The summed E-state index contributed by atoms with van der Waals surface area (Å²) in [5.74, 6) is -5.98. The van der Waals surface area contributed by atoms with Crippen LogP contribution in [-0.4, -0.2) is 53.5 Å². The fourth-order valence-corrected chi connectivity index (χ4v) is 6.76. The van der Waals surface area contributed by atoms with Gasteiger partial charge in [-0.25, -0.2) is 4.79 Å². The SMILES string of the molecule is CN(C(=O)C(=O)O)c1c(I)c(C(N)=O)c(I)c(C(=O)NCC(=O)O)c1I. The maximum absolute atomic E-state index is 12.4. The molecule has 140 valence electrons. The Morgan fingerprint density at radius 1 is 1.00 bits per heavy atom. The van der Waals surface area contributed by atoms with Crippen LogP contribution in [0, 0.1) is 10.7 Å². The molecule has 5 N–H and O–H groups in total. The highest BCUT2D eigenvalue weighted by atomic mass is 127. The van der Waals surface area contributed by atoms with Crippen LogP contribution in [0.25, 0.3) is 0 Å². The zero-order valence-electron chi connectivity index (χ0n) is 12.8. The lowest BCUT2D eigenvalue weighted by atomic mass is 10.1. The van der Waals surface area contributed by atoms with Crippen molar-refractivity contribution in [3.05, 3.63) is 21.8 Å². The molecule has 0 aromatic heterocycles. The Labute approximate surface area is 187 Å². The number of carbonyl (C=O) groups is 5. The molecule has 0 aliphatic rings. The molecule has 26 heavy (non-hydrogen) atoms. The normalized spacial score (nSPS) is 10.2. The zero-order chi connectivity index (χ0) is 20.3. The van der Waals surface area contributed by atoms with E-state index in [4.69, 9.17) is 15.9 Å². The van der Waals surface area contributed by atoms with E-state index in [0.717, 1.165) is 4.90 Å². The van der Waals surface area contributed by atoms with Crippen molar-refractivity contribution >= 4 is 103 Å². The molecule has 13 heteroatoms. The van der Waals surface area contributed by atoms with Crippen molar-refractivity contribution in [2.45, 2.75) is 0 Å². The number of carboxylic acids is 2. The predicted molar refractivity (Wildman–Crippen MR) is 114 cm³/mol. The molecule has 0 radical (unpaired) electrons. The fourth-order valence-electron chi connectivity index (χ4n) is 1.85. The number of aliphatic carboxylic acids is 2. The van der Waals surface area contributed by atoms with E-state index in [9.17, 15) is 24.0 Å². The Balaban J connectivity index is 3.74. The lowest BCUT2D eigenvalue weighted by Gasteiger charge is -2.23. The van der Waals surface area contributed by atoms with Crippen molar-refractivity contribution in [1.82, 2.24) is 5.32 Å². The molecule has 1 aromatic rings. The van der Waals surface area contributed by atoms with E-state index in [1.807, 2.05) is 0 Å². The smallest absolute Gasteiger partial charge is 0.394 e. The molecule has 0 fully saturated rings. The number of hydrogen-bond donors (Lipinski definition) is 4. The number of hydrogen-bond acceptors (Lipinski definition) is 5. The van der Waals surface area contributed by atoms with Gasteiger partial charge in [0, 0.05) is 10.6 Å². The van der Waals surface area contributed by atoms with Crippen molar-refractivity contribution in [2.24, 2.45) is 5.73 Å². The average Bonchev–Trinajstić information content (AvgIpc) is 2.51. The second-order valence-electron chi connectivity index (χ2n) is 4.65. The number of benzene rings is 1. The molecule has 10 nitrogen and oxygen atoms in total. The first-order chi connectivity index (χ1) is 11.9. The number of rotatable bonds is 5. The monoisotopic (exact) mass is 701 g/mol. The summed E-state index contributed by atoms with van der Waals surface area (Å²) in [6.07, 6.45) is 0. The molecule has 0 aliphatic heterocycles. The minimum atomic E-state index is -1.73. The Hall–Kier alpha value is -1.24. The van der Waals surface area contributed by atoms with Crippen LogP contribution in [-0.2, 0) is 14.4 Å². The molecule has 1 rings (SSSR count). The van der Waals surface area contributed by atoms with E-state index in [-0.39, 0.29) is 27.5 Å². The van der Waals surface area contributed by atoms with Crippen LogP contribution in [0.3, 0.4) is 0 Å². The van der Waals surface area contributed by atoms with Crippen LogP contribution in [0.4, 0.5) is 5.69 Å². The van der Waals surface area contributed by atoms with Gasteiger partial charge in [0.25, 0.3) is 11.8 Å². The third-order valence-electron chi connectivity index (χ3n) is 2.99. The third-order valence-corrected chi connectivity index (χ3v) is 6.17. The minimum Gasteiger partial charge on any atom is -0.480 e. The van der Waals surface area contributed by atoms with Crippen molar-refractivity contribution in [3.63, 3.8) is 0 Å². The van der Waals surface area contributed by atoms with Crippen LogP contribution in [0.5, 0.6) is 0 Å². The second-order valence-corrected chi connectivity index (χ2v) is 7.89. The number of nitrogens with one attached hydrogen (secondary N) is 1. The quantitative estimate of drug-likeness (QED) is 0.256. The molecule has 0 aliphatic carbocycles. The number of likely N-dealkylation sites (N-methyl/N-ethyl adjacent to an activating group) is 1. The molecule has 0 atom stereocenters. The van der Waals surface area contributed by atoms with E-state index >= 15 is 0 Å². The van der Waals surface area contributed by atoms with Crippen LogP contribution in [0.15, 0.2) is 0 Å². The van der Waals surface area contributed by atoms with E-state index in [1.165, 1.54) is 7.05 Å². The van der Waals surface area contributed by atoms with Gasteiger partial charge in [0.2, 0.25) is 0 Å². The summed E-state index contributed by atoms with van der Waals surface area (Å²) < 4.78 is 0.517. The first kappa shape index (κ1) is 22.8. The number of halogens is 3. The van der Waals surface area contributed by atoms with E-state index < -0.39 is 36.2 Å². The number of amides is 3. The summed E-state index contributed by atoms with van der Waals surface area (Å²) in [7, 11) is 1.17. The number of nitrogens with zero attached hydrogens (tertiary/aromatic N) is 1. The molecule has 0 unspecified atom stereocenters. The molecule has 0 saturated carbocycles. The van der Waals surface area contributed by atoms with Gasteiger partial charge < -0.3 is 26.2 Å². The molecular formula is C13H10I3N3O7. The molecule has 0 spiro atoms. The van der Waals surface area contributed by atoms with Gasteiger partial charge in [-0.1, -0.05) is 0 Å². The van der Waals surface area contributed by atoms with Crippen LogP contribution >= 0.6 is 67.8 Å². The van der Waals surface area contributed by atoms with Gasteiger partial charge >= 0.3 is 17.8 Å². The lowest BCUT2D eigenvalue weighted by molar-refractivity contribution is -0.148. The fraction of sp³-hybridized carbons (Fsp3) is 0.154. The average molecular weight is 701 g/mol. The minimum absolute atomic E-state index is 0.00768. The first-order valence-electron chi connectivity index (χ1n) is 6.42. The summed E-state index contributed by atoms with van der Waals surface area (Å²) in [6.45, 7) is -0.665. The molecule has 1 aromatic carbocycles. The Morgan fingerprint density at radius 3 is 1.92 bits per heavy atom. The number of carboxylic acid groups (broad SMARTS) is 2. The summed E-state index contributed by atoms with van der Waals surface area (Å²) >= 11 is 5.16. The van der Waals surface area contributed by atoms with E-state index in [0.29, 0.717) is 0 Å². The van der Waals surface area contributed by atoms with Crippen molar-refractivity contribution in [2.75, 3.05) is 18.5 Å². The van der Waals surface area contributed by atoms with Crippen LogP contribution < -0.4 is 16.0 Å². The summed E-state index contributed by atoms with van der Waals surface area (Å²) in [6, 6.07) is 0. The summed E-state index contributed by atoms with van der Waals surface area (Å²) in [4.78, 5) is 58.5. The van der Waals surface area contributed by atoms with Gasteiger partial charge in [-0.2, -0.15) is 0 Å². The standard InChI is InChI=1S/C13H10I3N3O7/c1-19(12(24)13(25)26)9-7(15)4(10(17)22)6(14)5(8(9)16)11(23)18-2-3(20)21/h2H2,1H3,(H2,17,22)(H,18,23)(H,20,21)(H,25,26). The molecule has 0 saturated heterocycles. The molecule has 0 bridgehead atoms. The van der Waals surface area contributed by atoms with Gasteiger partial charge in [-0.15, -0.1) is 0 Å². The van der Waals surface area contributed by atoms with Gasteiger partial charge in [0.15, 0.2) is 0 Å². The topological polar surface area (TPSA) is 167 Å². The Morgan fingerprint density at radius 2 is 1.50 bits per heavy atom. The zero-order valence-corrected chi connectivity index (χ0v) is 19.3. The maximum atomic E-state index is 12.4. The number of anilines is 1. The molecular weight excluding hydrogens is 691 g/mol. The number of primary amides is 1. The maximum Gasteiger partial charge on any atom is 0.394 e. The van der Waals surface area contributed by atoms with Crippen LogP contribution in [0.1, 0.15) is 20.7 Å². The highest BCUT2D eigenvalue weighted by molar-refractivity contribution is 14.1. The Kier molecular flexibility index (Phi) is 7.99. The van der Waals surface area contributed by atoms with Gasteiger partial charge in [0.1, 0.15) is 6.54 Å². The lowest BCUT2D eigenvalue weighted by Crippen LogP contribution is -2.36. The second kappa shape index (κ2) is 9.11. The third kappa shape index (κ3) is 4.72. The number of carbonyl (C=O) groups excluding carboxylic acids is 3. The van der Waals surface area contributed by atoms with Crippen LogP contribution in [0.2, 0.25) is 0 Å². The van der Waals surface area contributed by atoms with E-state index in [1.54, 1.807) is 67.8 Å².